The zero-order valence-corrected chi connectivity index (χ0v) is 16.8. The lowest BCUT2D eigenvalue weighted by Crippen LogP contribution is -2.60. The number of aliphatic hydroxyl groups is 1. The molecule has 1 N–H and O–H groups in total. The predicted molar refractivity (Wildman–Crippen MR) is 107 cm³/mol. The average molecular weight is 384 g/mol. The number of carbonyl (C=O) groups is 1. The van der Waals surface area contributed by atoms with Crippen molar-refractivity contribution in [3.8, 4) is 5.75 Å². The van der Waals surface area contributed by atoms with Crippen LogP contribution in [0.4, 0.5) is 5.69 Å². The number of rotatable bonds is 4. The van der Waals surface area contributed by atoms with Crippen molar-refractivity contribution >= 4 is 17.4 Å². The number of methoxy groups -OCH3 is 2. The van der Waals surface area contributed by atoms with Gasteiger partial charge >= 0.3 is 5.97 Å². The summed E-state index contributed by atoms with van der Waals surface area (Å²) in [6.45, 7) is 7.84. The van der Waals surface area contributed by atoms with Crippen LogP contribution >= 0.6 is 0 Å². The van der Waals surface area contributed by atoms with E-state index in [1.165, 1.54) is 7.11 Å². The number of carbonyl (C=O) groups excluding carboxylic acids is 1. The van der Waals surface area contributed by atoms with E-state index in [1.54, 1.807) is 7.11 Å². The van der Waals surface area contributed by atoms with Gasteiger partial charge in [-0.3, -0.25) is 9.89 Å². The third-order valence-corrected chi connectivity index (χ3v) is 6.75. The summed E-state index contributed by atoms with van der Waals surface area (Å²) in [6.07, 6.45) is 2.27. The second kappa shape index (κ2) is 7.01. The highest BCUT2D eigenvalue weighted by Gasteiger charge is 2.54. The van der Waals surface area contributed by atoms with E-state index in [4.69, 9.17) is 14.5 Å². The van der Waals surface area contributed by atoms with Crippen LogP contribution in [0.25, 0.3) is 0 Å². The Hall–Kier alpha value is -2.18. The maximum atomic E-state index is 12.2. The van der Waals surface area contributed by atoms with Gasteiger partial charge in [0.15, 0.2) is 0 Å². The Bertz CT molecular complexity index is 849. The highest BCUT2D eigenvalue weighted by atomic mass is 16.5. The molecule has 0 aliphatic carbocycles. The number of piperidine rings is 2. The number of esters is 1. The Labute approximate surface area is 165 Å². The topological polar surface area (TPSA) is 71.4 Å². The van der Waals surface area contributed by atoms with Crippen molar-refractivity contribution in [1.82, 2.24) is 4.90 Å². The number of nitrogens with zero attached hydrogens (tertiary/aromatic N) is 2. The molecule has 0 amide bonds. The molecule has 1 aromatic rings. The molecule has 0 aromatic heterocycles. The minimum absolute atomic E-state index is 0.0226. The largest absolute Gasteiger partial charge is 0.496 e. The van der Waals surface area contributed by atoms with Crippen LogP contribution in [-0.2, 0) is 15.1 Å². The molecular weight excluding hydrogens is 356 g/mol. The Morgan fingerprint density at radius 2 is 2.21 bits per heavy atom. The SMILES string of the molecule is C=C(C(=O)OC)[C@H]1C[C@H]2C3=Nc4cccc(OC)c4[C@@]3(O)CCN2C[C@H]1CC. The van der Waals surface area contributed by atoms with Crippen molar-refractivity contribution in [2.24, 2.45) is 16.8 Å². The first-order valence-corrected chi connectivity index (χ1v) is 9.94. The zero-order chi connectivity index (χ0) is 20.1. The summed E-state index contributed by atoms with van der Waals surface area (Å²) in [7, 11) is 3.02. The molecule has 0 radical (unpaired) electrons. The molecule has 2 fully saturated rings. The van der Waals surface area contributed by atoms with Crippen LogP contribution in [0.1, 0.15) is 31.7 Å². The maximum Gasteiger partial charge on any atom is 0.333 e. The molecular formula is C22H28N2O4. The summed E-state index contributed by atoms with van der Waals surface area (Å²) in [5.41, 5.74) is 1.74. The third kappa shape index (κ3) is 2.70. The van der Waals surface area contributed by atoms with E-state index in [9.17, 15) is 9.90 Å². The fourth-order valence-electron chi connectivity index (χ4n) is 5.25. The van der Waals surface area contributed by atoms with Crippen LogP contribution in [0.2, 0.25) is 0 Å². The fraction of sp³-hybridized carbons (Fsp3) is 0.545. The van der Waals surface area contributed by atoms with E-state index in [-0.39, 0.29) is 17.9 Å². The number of hydrogen-bond donors (Lipinski definition) is 1. The first-order chi connectivity index (χ1) is 13.4. The summed E-state index contributed by atoms with van der Waals surface area (Å²) >= 11 is 0. The molecule has 28 heavy (non-hydrogen) atoms. The van der Waals surface area contributed by atoms with E-state index >= 15 is 0 Å². The third-order valence-electron chi connectivity index (χ3n) is 6.75. The van der Waals surface area contributed by atoms with Crippen molar-refractivity contribution in [3.63, 3.8) is 0 Å². The van der Waals surface area contributed by atoms with Gasteiger partial charge in [0.1, 0.15) is 11.4 Å². The average Bonchev–Trinajstić information content (AvgIpc) is 3.04. The van der Waals surface area contributed by atoms with E-state index in [2.05, 4.69) is 18.4 Å². The van der Waals surface area contributed by atoms with Gasteiger partial charge in [-0.2, -0.15) is 0 Å². The van der Waals surface area contributed by atoms with Crippen molar-refractivity contribution in [3.05, 3.63) is 35.9 Å². The Balaban J connectivity index is 1.71. The number of fused-ring (bicyclic) bond motifs is 5. The highest BCUT2D eigenvalue weighted by Crippen LogP contribution is 2.51. The molecule has 0 bridgehead atoms. The summed E-state index contributed by atoms with van der Waals surface area (Å²) < 4.78 is 10.5. The fourth-order valence-corrected chi connectivity index (χ4v) is 5.25. The van der Waals surface area contributed by atoms with Gasteiger partial charge in [-0.15, -0.1) is 0 Å². The lowest BCUT2D eigenvalue weighted by Gasteiger charge is -2.50. The molecule has 150 valence electrons. The van der Waals surface area contributed by atoms with Crippen LogP contribution in [0.3, 0.4) is 0 Å². The molecule has 4 rings (SSSR count). The summed E-state index contributed by atoms with van der Waals surface area (Å²) in [5, 5.41) is 11.7. The smallest absolute Gasteiger partial charge is 0.333 e. The van der Waals surface area contributed by atoms with Crippen LogP contribution in [-0.4, -0.2) is 55.0 Å². The Kier molecular flexibility index (Phi) is 4.79. The molecule has 4 atom stereocenters. The number of benzene rings is 1. The number of ether oxygens (including phenoxy) is 2. The highest BCUT2D eigenvalue weighted by molar-refractivity contribution is 6.05. The van der Waals surface area contributed by atoms with Crippen molar-refractivity contribution in [2.45, 2.75) is 37.8 Å². The monoisotopic (exact) mass is 384 g/mol. The standard InChI is InChI=1S/C22H28N2O4/c1-5-14-12-24-10-9-22(26)19-16(7-6-8-18(19)27-3)23-20(22)17(24)11-15(14)13(2)21(25)28-4/h6-8,14-15,17,26H,2,5,9-12H2,1,3-4H3/t14-,15-,17+,22+/m1/s1. The van der Waals surface area contributed by atoms with E-state index in [0.717, 1.165) is 36.5 Å². The second-order valence-electron chi connectivity index (χ2n) is 8.00. The van der Waals surface area contributed by atoms with Gasteiger partial charge in [0.25, 0.3) is 0 Å². The van der Waals surface area contributed by atoms with Crippen LogP contribution in [0.15, 0.2) is 35.3 Å². The molecule has 6 heteroatoms. The summed E-state index contributed by atoms with van der Waals surface area (Å²) in [6, 6.07) is 5.67. The predicted octanol–water partition coefficient (Wildman–Crippen LogP) is 2.82. The first-order valence-electron chi connectivity index (χ1n) is 9.94. The van der Waals surface area contributed by atoms with Gasteiger partial charge in [0.05, 0.1) is 37.2 Å². The minimum atomic E-state index is -1.11. The van der Waals surface area contributed by atoms with E-state index in [1.807, 2.05) is 18.2 Å². The van der Waals surface area contributed by atoms with Crippen molar-refractivity contribution < 1.29 is 19.4 Å². The van der Waals surface area contributed by atoms with E-state index in [0.29, 0.717) is 30.1 Å². The molecule has 3 aliphatic heterocycles. The van der Waals surface area contributed by atoms with Gasteiger partial charge in [-0.1, -0.05) is 26.0 Å². The first kappa shape index (κ1) is 19.2. The number of hydrogen-bond acceptors (Lipinski definition) is 6. The maximum absolute atomic E-state index is 12.2. The van der Waals surface area contributed by atoms with Crippen LogP contribution in [0, 0.1) is 11.8 Å². The van der Waals surface area contributed by atoms with Gasteiger partial charge in [-0.25, -0.2) is 4.79 Å². The molecule has 2 saturated heterocycles. The molecule has 0 saturated carbocycles. The minimum Gasteiger partial charge on any atom is -0.496 e. The van der Waals surface area contributed by atoms with Crippen LogP contribution in [0.5, 0.6) is 5.75 Å². The van der Waals surface area contributed by atoms with Gasteiger partial charge in [0, 0.05) is 18.7 Å². The van der Waals surface area contributed by atoms with E-state index < -0.39 is 5.60 Å². The van der Waals surface area contributed by atoms with Gasteiger partial charge in [0.2, 0.25) is 0 Å². The number of aliphatic imine (C=N–C) groups is 1. The lowest BCUT2D eigenvalue weighted by molar-refractivity contribution is -0.137. The molecule has 3 heterocycles. The lowest BCUT2D eigenvalue weighted by atomic mass is 9.70. The summed E-state index contributed by atoms with van der Waals surface area (Å²) in [5.74, 6) is 0.688. The molecule has 6 nitrogen and oxygen atoms in total. The Morgan fingerprint density at radius 1 is 1.43 bits per heavy atom. The quantitative estimate of drug-likeness (QED) is 0.638. The molecule has 1 aromatic carbocycles. The summed E-state index contributed by atoms with van der Waals surface area (Å²) in [4.78, 5) is 19.4. The Morgan fingerprint density at radius 3 is 2.89 bits per heavy atom. The van der Waals surface area contributed by atoms with Crippen LogP contribution < -0.4 is 4.74 Å². The normalized spacial score (nSPS) is 31.3. The second-order valence-corrected chi connectivity index (χ2v) is 8.00. The molecule has 0 spiro atoms. The van der Waals surface area contributed by atoms with Crippen molar-refractivity contribution in [1.29, 1.82) is 0 Å². The molecule has 3 aliphatic rings. The van der Waals surface area contributed by atoms with Gasteiger partial charge < -0.3 is 14.6 Å². The molecule has 0 unspecified atom stereocenters. The van der Waals surface area contributed by atoms with Gasteiger partial charge in [-0.05, 0) is 36.8 Å². The van der Waals surface area contributed by atoms with Crippen molar-refractivity contribution in [2.75, 3.05) is 27.3 Å². The zero-order valence-electron chi connectivity index (χ0n) is 16.8.